The van der Waals surface area contributed by atoms with Crippen LogP contribution in [0.1, 0.15) is 46.1 Å². The number of halogens is 1. The van der Waals surface area contributed by atoms with Crippen molar-refractivity contribution >= 4 is 21.6 Å². The highest BCUT2D eigenvalue weighted by atomic mass is 79.9. The molecule has 1 heterocycles. The van der Waals surface area contributed by atoms with Crippen LogP contribution in [0.4, 0.5) is 5.69 Å². The largest absolute Gasteiger partial charge is 0.371 e. The Morgan fingerprint density at radius 2 is 2.10 bits per heavy atom. The first-order valence-corrected chi connectivity index (χ1v) is 8.47. The molecule has 1 atom stereocenters. The Bertz CT molecular complexity index is 451. The average molecular weight is 339 g/mol. The van der Waals surface area contributed by atoms with E-state index < -0.39 is 0 Å². The van der Waals surface area contributed by atoms with E-state index in [0.717, 1.165) is 16.9 Å². The predicted molar refractivity (Wildman–Crippen MR) is 91.3 cm³/mol. The van der Waals surface area contributed by atoms with E-state index in [1.54, 1.807) is 0 Å². The first kappa shape index (κ1) is 15.8. The van der Waals surface area contributed by atoms with Gasteiger partial charge < -0.3 is 10.2 Å². The van der Waals surface area contributed by atoms with Gasteiger partial charge in [-0.1, -0.05) is 29.3 Å². The number of rotatable bonds is 4. The molecule has 1 aliphatic rings. The van der Waals surface area contributed by atoms with Gasteiger partial charge >= 0.3 is 0 Å². The molecule has 20 heavy (non-hydrogen) atoms. The molecule has 0 saturated carbocycles. The zero-order valence-corrected chi connectivity index (χ0v) is 14.8. The number of nitrogens with zero attached hydrogens (tertiary/aromatic N) is 1. The molecule has 0 bridgehead atoms. The Labute approximate surface area is 132 Å². The fraction of sp³-hybridized carbons (Fsp3) is 0.647. The minimum atomic E-state index is 0.149. The molecule has 1 unspecified atom stereocenters. The molecule has 0 amide bonds. The maximum absolute atomic E-state index is 3.61. The van der Waals surface area contributed by atoms with Gasteiger partial charge in [0, 0.05) is 35.3 Å². The lowest BCUT2D eigenvalue weighted by Gasteiger charge is -2.26. The van der Waals surface area contributed by atoms with Crippen LogP contribution in [0.2, 0.25) is 0 Å². The zero-order chi connectivity index (χ0) is 14.8. The van der Waals surface area contributed by atoms with Crippen molar-refractivity contribution in [3.63, 3.8) is 0 Å². The SMILES string of the molecule is CCC1CCN(c2ccc(Br)cc2CNC(C)(C)C)C1. The lowest BCUT2D eigenvalue weighted by atomic mass is 10.1. The number of hydrogen-bond acceptors (Lipinski definition) is 2. The van der Waals surface area contributed by atoms with Crippen LogP contribution in [-0.4, -0.2) is 18.6 Å². The zero-order valence-electron chi connectivity index (χ0n) is 13.2. The summed E-state index contributed by atoms with van der Waals surface area (Å²) in [6, 6.07) is 6.68. The van der Waals surface area contributed by atoms with Gasteiger partial charge in [0.1, 0.15) is 0 Å². The number of benzene rings is 1. The van der Waals surface area contributed by atoms with Gasteiger partial charge in [0.2, 0.25) is 0 Å². The average Bonchev–Trinajstić information content (AvgIpc) is 2.84. The summed E-state index contributed by atoms with van der Waals surface area (Å²) in [6.45, 7) is 12.3. The molecule has 3 heteroatoms. The van der Waals surface area contributed by atoms with E-state index in [1.165, 1.54) is 37.2 Å². The van der Waals surface area contributed by atoms with Gasteiger partial charge in [-0.25, -0.2) is 0 Å². The first-order valence-electron chi connectivity index (χ1n) is 7.67. The van der Waals surface area contributed by atoms with Gasteiger partial charge in [0.15, 0.2) is 0 Å². The molecule has 1 fully saturated rings. The van der Waals surface area contributed by atoms with Crippen molar-refractivity contribution in [2.75, 3.05) is 18.0 Å². The third-order valence-electron chi connectivity index (χ3n) is 4.05. The molecule has 0 aliphatic carbocycles. The molecule has 0 spiro atoms. The smallest absolute Gasteiger partial charge is 0.0412 e. The van der Waals surface area contributed by atoms with Gasteiger partial charge in [0.25, 0.3) is 0 Å². The van der Waals surface area contributed by atoms with Crippen molar-refractivity contribution in [1.29, 1.82) is 0 Å². The maximum Gasteiger partial charge on any atom is 0.0412 e. The van der Waals surface area contributed by atoms with E-state index in [-0.39, 0.29) is 5.54 Å². The molecule has 112 valence electrons. The second-order valence-electron chi connectivity index (χ2n) is 6.89. The summed E-state index contributed by atoms with van der Waals surface area (Å²) < 4.78 is 1.16. The quantitative estimate of drug-likeness (QED) is 0.864. The van der Waals surface area contributed by atoms with Gasteiger partial charge in [0.05, 0.1) is 0 Å². The molecule has 1 aliphatic heterocycles. The number of hydrogen-bond donors (Lipinski definition) is 1. The summed E-state index contributed by atoms with van der Waals surface area (Å²) in [4.78, 5) is 2.56. The minimum absolute atomic E-state index is 0.149. The van der Waals surface area contributed by atoms with E-state index in [4.69, 9.17) is 0 Å². The van der Waals surface area contributed by atoms with Crippen LogP contribution in [0.5, 0.6) is 0 Å². The van der Waals surface area contributed by atoms with Crippen molar-refractivity contribution in [3.8, 4) is 0 Å². The summed E-state index contributed by atoms with van der Waals surface area (Å²) in [5.74, 6) is 0.863. The molecule has 0 aromatic heterocycles. The van der Waals surface area contributed by atoms with E-state index in [9.17, 15) is 0 Å². The number of anilines is 1. The van der Waals surface area contributed by atoms with Gasteiger partial charge in [-0.05, 0) is 56.9 Å². The second-order valence-corrected chi connectivity index (χ2v) is 7.80. The Balaban J connectivity index is 2.16. The molecular formula is C17H27BrN2. The van der Waals surface area contributed by atoms with Crippen LogP contribution in [0.3, 0.4) is 0 Å². The van der Waals surface area contributed by atoms with Crippen molar-refractivity contribution < 1.29 is 0 Å². The first-order chi connectivity index (χ1) is 9.39. The molecule has 1 aromatic carbocycles. The molecular weight excluding hydrogens is 312 g/mol. The van der Waals surface area contributed by atoms with E-state index >= 15 is 0 Å². The summed E-state index contributed by atoms with van der Waals surface area (Å²) in [7, 11) is 0. The fourth-order valence-electron chi connectivity index (χ4n) is 2.75. The molecule has 1 aromatic rings. The van der Waals surface area contributed by atoms with Crippen molar-refractivity contribution in [2.24, 2.45) is 5.92 Å². The molecule has 1 N–H and O–H groups in total. The van der Waals surface area contributed by atoms with Crippen LogP contribution in [0, 0.1) is 5.92 Å². The van der Waals surface area contributed by atoms with Crippen molar-refractivity contribution in [3.05, 3.63) is 28.2 Å². The predicted octanol–water partition coefficient (Wildman–Crippen LogP) is 4.57. The van der Waals surface area contributed by atoms with Crippen molar-refractivity contribution in [1.82, 2.24) is 5.32 Å². The van der Waals surface area contributed by atoms with Crippen LogP contribution in [-0.2, 0) is 6.54 Å². The number of nitrogens with one attached hydrogen (secondary N) is 1. The standard InChI is InChI=1S/C17H27BrN2/c1-5-13-8-9-20(12-13)16-7-6-15(18)10-14(16)11-19-17(2,3)4/h6-7,10,13,19H,5,8-9,11-12H2,1-4H3. The fourth-order valence-corrected chi connectivity index (χ4v) is 3.16. The second kappa shape index (κ2) is 6.48. The highest BCUT2D eigenvalue weighted by Crippen LogP contribution is 2.30. The van der Waals surface area contributed by atoms with E-state index in [2.05, 4.69) is 72.0 Å². The lowest BCUT2D eigenvalue weighted by Crippen LogP contribution is -2.35. The summed E-state index contributed by atoms with van der Waals surface area (Å²) >= 11 is 3.60. The third kappa shape index (κ3) is 4.23. The lowest BCUT2D eigenvalue weighted by molar-refractivity contribution is 0.424. The summed E-state index contributed by atoms with van der Waals surface area (Å²) in [5.41, 5.74) is 2.95. The maximum atomic E-state index is 3.61. The Hall–Kier alpha value is -0.540. The molecule has 0 radical (unpaired) electrons. The normalized spacial score (nSPS) is 19.6. The van der Waals surface area contributed by atoms with Gasteiger partial charge in [-0.3, -0.25) is 0 Å². The minimum Gasteiger partial charge on any atom is -0.371 e. The van der Waals surface area contributed by atoms with Crippen LogP contribution < -0.4 is 10.2 Å². The van der Waals surface area contributed by atoms with Crippen LogP contribution in [0.15, 0.2) is 22.7 Å². The highest BCUT2D eigenvalue weighted by molar-refractivity contribution is 9.10. The highest BCUT2D eigenvalue weighted by Gasteiger charge is 2.23. The topological polar surface area (TPSA) is 15.3 Å². The van der Waals surface area contributed by atoms with Crippen LogP contribution in [0.25, 0.3) is 0 Å². The Kier molecular flexibility index (Phi) is 5.14. The Morgan fingerprint density at radius 3 is 2.70 bits per heavy atom. The van der Waals surface area contributed by atoms with Crippen LogP contribution >= 0.6 is 15.9 Å². The molecule has 2 nitrogen and oxygen atoms in total. The third-order valence-corrected chi connectivity index (χ3v) is 4.55. The monoisotopic (exact) mass is 338 g/mol. The van der Waals surface area contributed by atoms with Gasteiger partial charge in [-0.2, -0.15) is 0 Å². The molecule has 2 rings (SSSR count). The van der Waals surface area contributed by atoms with E-state index in [0.29, 0.717) is 0 Å². The summed E-state index contributed by atoms with van der Waals surface area (Å²) in [6.07, 6.45) is 2.63. The van der Waals surface area contributed by atoms with Crippen molar-refractivity contribution in [2.45, 2.75) is 52.6 Å². The van der Waals surface area contributed by atoms with E-state index in [1.807, 2.05) is 0 Å². The Morgan fingerprint density at radius 1 is 1.35 bits per heavy atom. The molecule has 1 saturated heterocycles. The van der Waals surface area contributed by atoms with Gasteiger partial charge in [-0.15, -0.1) is 0 Å². The summed E-state index contributed by atoms with van der Waals surface area (Å²) in [5, 5.41) is 3.61.